The predicted octanol–water partition coefficient (Wildman–Crippen LogP) is 2.68. The zero-order valence-corrected chi connectivity index (χ0v) is 20.3. The van der Waals surface area contributed by atoms with E-state index in [0.717, 1.165) is 30.6 Å². The molecule has 0 aliphatic rings. The Labute approximate surface area is 195 Å². The molecule has 0 radical (unpaired) electrons. The first-order valence-corrected chi connectivity index (χ1v) is 10.9. The van der Waals surface area contributed by atoms with Crippen LogP contribution >= 0.6 is 0 Å². The second-order valence-corrected chi connectivity index (χ2v) is 7.88. The number of amides is 2. The first kappa shape index (κ1) is 29.8. The molecular weight excluding hydrogens is 428 g/mol. The van der Waals surface area contributed by atoms with E-state index in [2.05, 4.69) is 10.6 Å². The van der Waals surface area contributed by atoms with Crippen molar-refractivity contribution in [3.8, 4) is 5.75 Å². The summed E-state index contributed by atoms with van der Waals surface area (Å²) in [6, 6.07) is 3.76. The number of carbonyl (C=O) groups is 5. The number of aliphatic carboxylic acids is 1. The summed E-state index contributed by atoms with van der Waals surface area (Å²) in [4.78, 5) is 55.3. The van der Waals surface area contributed by atoms with Gasteiger partial charge in [-0.25, -0.2) is 0 Å². The molecule has 1 aromatic rings. The van der Waals surface area contributed by atoms with Gasteiger partial charge in [-0.3, -0.25) is 19.2 Å². The molecule has 0 aliphatic carbocycles. The Morgan fingerprint density at radius 2 is 1.79 bits per heavy atom. The van der Waals surface area contributed by atoms with Crippen LogP contribution in [0, 0.1) is 12.8 Å². The Morgan fingerprint density at radius 1 is 1.15 bits per heavy atom. The molecule has 9 nitrogen and oxygen atoms in total. The van der Waals surface area contributed by atoms with Crippen LogP contribution in [-0.2, 0) is 19.2 Å². The van der Waals surface area contributed by atoms with Crippen molar-refractivity contribution in [2.75, 3.05) is 7.11 Å². The average Bonchev–Trinajstić information content (AvgIpc) is 2.76. The van der Waals surface area contributed by atoms with Crippen LogP contribution < -0.4 is 15.4 Å². The molecule has 1 aromatic carbocycles. The Morgan fingerprint density at radius 3 is 2.24 bits per heavy atom. The largest absolute Gasteiger partial charge is 0.496 e. The van der Waals surface area contributed by atoms with E-state index in [0.29, 0.717) is 11.8 Å². The number of hydrogen-bond acceptors (Lipinski definition) is 6. The molecule has 3 atom stereocenters. The van der Waals surface area contributed by atoms with E-state index in [1.165, 1.54) is 6.92 Å². The zero-order chi connectivity index (χ0) is 25.6. The molecule has 0 aromatic heterocycles. The second-order valence-electron chi connectivity index (χ2n) is 7.88. The topological polar surface area (TPSA) is 139 Å². The SMILES string of the molecule is CCCC[C@H](C)C(=O)NC(C=O)CC(=O)O.COc1ccc(C(=O)NC(C)C(C)=O)cc1C. The van der Waals surface area contributed by atoms with Gasteiger partial charge in [-0.2, -0.15) is 0 Å². The van der Waals surface area contributed by atoms with Gasteiger partial charge in [0, 0.05) is 11.5 Å². The van der Waals surface area contributed by atoms with Gasteiger partial charge >= 0.3 is 5.97 Å². The van der Waals surface area contributed by atoms with Crippen LogP contribution in [0.4, 0.5) is 0 Å². The van der Waals surface area contributed by atoms with Crippen LogP contribution in [0.2, 0.25) is 0 Å². The number of rotatable bonds is 12. The summed E-state index contributed by atoms with van der Waals surface area (Å²) in [6.45, 7) is 8.78. The molecule has 0 fully saturated rings. The third-order valence-electron chi connectivity index (χ3n) is 4.94. The minimum atomic E-state index is -1.10. The molecular formula is C24H36N2O7. The van der Waals surface area contributed by atoms with Gasteiger partial charge in [0.15, 0.2) is 5.78 Å². The van der Waals surface area contributed by atoms with Crippen LogP contribution in [0.15, 0.2) is 18.2 Å². The highest BCUT2D eigenvalue weighted by atomic mass is 16.5. The van der Waals surface area contributed by atoms with E-state index in [1.807, 2.05) is 13.8 Å². The van der Waals surface area contributed by atoms with Crippen LogP contribution in [0.5, 0.6) is 5.75 Å². The summed E-state index contributed by atoms with van der Waals surface area (Å²) in [5, 5.41) is 13.5. The number of Topliss-reactive ketones (excluding diaryl/α,β-unsaturated/α-hetero) is 1. The molecule has 0 spiro atoms. The number of unbranched alkanes of at least 4 members (excludes halogenated alkanes) is 1. The van der Waals surface area contributed by atoms with Gasteiger partial charge < -0.3 is 25.3 Å². The number of benzene rings is 1. The lowest BCUT2D eigenvalue weighted by molar-refractivity contribution is -0.139. The minimum Gasteiger partial charge on any atom is -0.496 e. The molecule has 0 saturated heterocycles. The van der Waals surface area contributed by atoms with Crippen molar-refractivity contribution in [3.05, 3.63) is 29.3 Å². The number of hydrogen-bond donors (Lipinski definition) is 3. The number of carboxylic acid groups (broad SMARTS) is 1. The average molecular weight is 465 g/mol. The smallest absolute Gasteiger partial charge is 0.305 e. The van der Waals surface area contributed by atoms with E-state index >= 15 is 0 Å². The van der Waals surface area contributed by atoms with Crippen molar-refractivity contribution < 1.29 is 33.8 Å². The van der Waals surface area contributed by atoms with Crippen molar-refractivity contribution in [1.29, 1.82) is 0 Å². The molecule has 0 bridgehead atoms. The zero-order valence-electron chi connectivity index (χ0n) is 20.3. The normalized spacial score (nSPS) is 12.8. The first-order chi connectivity index (χ1) is 15.5. The van der Waals surface area contributed by atoms with E-state index in [-0.39, 0.29) is 29.9 Å². The molecule has 184 valence electrons. The van der Waals surface area contributed by atoms with Crippen LogP contribution in [-0.4, -0.2) is 54.2 Å². The molecule has 0 heterocycles. The minimum absolute atomic E-state index is 0.0661. The van der Waals surface area contributed by atoms with Crippen molar-refractivity contribution in [2.24, 2.45) is 5.92 Å². The highest BCUT2D eigenvalue weighted by Gasteiger charge is 2.19. The number of aryl methyl sites for hydroxylation is 1. The third kappa shape index (κ3) is 11.8. The van der Waals surface area contributed by atoms with Gasteiger partial charge in [0.05, 0.1) is 25.6 Å². The maximum Gasteiger partial charge on any atom is 0.305 e. The van der Waals surface area contributed by atoms with Crippen molar-refractivity contribution >= 4 is 29.9 Å². The number of carboxylic acids is 1. The Kier molecular flexibility index (Phi) is 14.0. The number of aldehydes is 1. The lowest BCUT2D eigenvalue weighted by atomic mass is 10.0. The van der Waals surface area contributed by atoms with Crippen LogP contribution in [0.1, 0.15) is 69.3 Å². The standard InChI is InChI=1S/C13H17NO3.C11H19NO4/c1-8-7-11(5-6-12(8)17-4)13(16)14-9(2)10(3)15;1-3-4-5-8(2)11(16)12-9(7-13)6-10(14)15/h5-7,9H,1-4H3,(H,14,16);7-9H,3-6H2,1-2H3,(H,12,16)(H,14,15)/t;8-,9?/m.0/s1. The third-order valence-corrected chi connectivity index (χ3v) is 4.94. The monoisotopic (exact) mass is 464 g/mol. The maximum absolute atomic E-state index is 11.8. The predicted molar refractivity (Wildman–Crippen MR) is 124 cm³/mol. The van der Waals surface area contributed by atoms with Crippen molar-refractivity contribution in [3.63, 3.8) is 0 Å². The summed E-state index contributed by atoms with van der Waals surface area (Å²) < 4.78 is 5.11. The van der Waals surface area contributed by atoms with Crippen LogP contribution in [0.3, 0.4) is 0 Å². The first-order valence-electron chi connectivity index (χ1n) is 10.9. The molecule has 0 saturated carbocycles. The van der Waals surface area contributed by atoms with Gasteiger partial charge in [-0.1, -0.05) is 26.7 Å². The lowest BCUT2D eigenvalue weighted by Crippen LogP contribution is -2.40. The van der Waals surface area contributed by atoms with E-state index < -0.39 is 18.1 Å². The molecule has 9 heteroatoms. The Hall–Kier alpha value is -3.23. The van der Waals surface area contributed by atoms with Crippen molar-refractivity contribution in [1.82, 2.24) is 10.6 Å². The highest BCUT2D eigenvalue weighted by Crippen LogP contribution is 2.18. The lowest BCUT2D eigenvalue weighted by Gasteiger charge is -2.15. The van der Waals surface area contributed by atoms with Gasteiger partial charge in [0.25, 0.3) is 5.91 Å². The fraction of sp³-hybridized carbons (Fsp3) is 0.542. The second kappa shape index (κ2) is 15.6. The molecule has 2 unspecified atom stereocenters. The molecule has 0 aliphatic heterocycles. The number of carbonyl (C=O) groups excluding carboxylic acids is 4. The number of ketones is 1. The fourth-order valence-electron chi connectivity index (χ4n) is 2.69. The summed E-state index contributed by atoms with van der Waals surface area (Å²) in [5.74, 6) is -1.12. The molecule has 2 amide bonds. The van der Waals surface area contributed by atoms with Gasteiger partial charge in [0.2, 0.25) is 5.91 Å². The van der Waals surface area contributed by atoms with E-state index in [4.69, 9.17) is 9.84 Å². The number of methoxy groups -OCH3 is 1. The Bertz CT molecular complexity index is 823. The summed E-state index contributed by atoms with van der Waals surface area (Å²) in [7, 11) is 1.58. The van der Waals surface area contributed by atoms with Gasteiger partial charge in [0.1, 0.15) is 12.0 Å². The van der Waals surface area contributed by atoms with Gasteiger partial charge in [-0.15, -0.1) is 0 Å². The van der Waals surface area contributed by atoms with E-state index in [1.54, 1.807) is 39.2 Å². The Balaban J connectivity index is 0.000000622. The molecule has 1 rings (SSSR count). The van der Waals surface area contributed by atoms with Crippen molar-refractivity contribution in [2.45, 2.75) is 72.4 Å². The summed E-state index contributed by atoms with van der Waals surface area (Å²) in [6.07, 6.45) is 2.79. The quantitative estimate of drug-likeness (QED) is 0.404. The van der Waals surface area contributed by atoms with Gasteiger partial charge in [-0.05, 0) is 51.0 Å². The number of ether oxygens (including phenoxy) is 1. The number of nitrogens with one attached hydrogen (secondary N) is 2. The summed E-state index contributed by atoms with van der Waals surface area (Å²) >= 11 is 0. The van der Waals surface area contributed by atoms with E-state index in [9.17, 15) is 24.0 Å². The molecule has 3 N–H and O–H groups in total. The molecule has 33 heavy (non-hydrogen) atoms. The maximum atomic E-state index is 11.8. The fourth-order valence-corrected chi connectivity index (χ4v) is 2.69. The highest BCUT2D eigenvalue weighted by molar-refractivity contribution is 5.97. The summed E-state index contributed by atoms with van der Waals surface area (Å²) in [5.41, 5.74) is 1.41. The van der Waals surface area contributed by atoms with Crippen LogP contribution in [0.25, 0.3) is 0 Å².